The Morgan fingerprint density at radius 2 is 1.81 bits per heavy atom. The highest BCUT2D eigenvalue weighted by Crippen LogP contribution is 2.35. The topological polar surface area (TPSA) is 104 Å². The number of aryl methyl sites for hydroxylation is 1. The number of alkyl halides is 3. The number of pyridine rings is 1. The fourth-order valence-electron chi connectivity index (χ4n) is 4.51. The number of nitrogens with zero attached hydrogens (tertiary/aromatic N) is 5. The molecule has 3 N–H and O–H groups in total. The highest BCUT2D eigenvalue weighted by Gasteiger charge is 2.40. The van der Waals surface area contributed by atoms with Crippen molar-refractivity contribution in [1.82, 2.24) is 29.9 Å². The summed E-state index contributed by atoms with van der Waals surface area (Å²) in [6.45, 7) is 2.64. The molecule has 1 aromatic carbocycles. The number of carbonyl (C=O) groups is 1. The minimum Gasteiger partial charge on any atom is -0.383 e. The first-order valence-electron chi connectivity index (χ1n) is 11.4. The zero-order valence-electron chi connectivity index (χ0n) is 19.5. The number of hydrogen-bond donors (Lipinski definition) is 2. The largest absolute Gasteiger partial charge is 0.435 e. The summed E-state index contributed by atoms with van der Waals surface area (Å²) < 4.78 is 44.2. The van der Waals surface area contributed by atoms with E-state index in [0.717, 1.165) is 38.7 Å². The quantitative estimate of drug-likeness (QED) is 0.422. The van der Waals surface area contributed by atoms with E-state index in [2.05, 4.69) is 20.5 Å². The Balaban J connectivity index is 1.33. The lowest BCUT2D eigenvalue weighted by molar-refractivity contribution is -0.141. The normalized spacial score (nSPS) is 15.2. The van der Waals surface area contributed by atoms with Crippen LogP contribution in [0.25, 0.3) is 0 Å². The maximum atomic E-state index is 13.7. The molecule has 186 valence electrons. The molecule has 5 rings (SSSR count). The van der Waals surface area contributed by atoms with Crippen LogP contribution in [0.3, 0.4) is 0 Å². The molecular weight excluding hydrogens is 471 g/mol. The number of nitrogen functional groups attached to an aromatic ring is 1. The van der Waals surface area contributed by atoms with Gasteiger partial charge in [0.2, 0.25) is 0 Å². The number of benzene rings is 1. The highest BCUT2D eigenvalue weighted by atomic mass is 19.4. The van der Waals surface area contributed by atoms with Crippen LogP contribution in [0.2, 0.25) is 0 Å². The van der Waals surface area contributed by atoms with Crippen LogP contribution < -0.4 is 11.1 Å². The van der Waals surface area contributed by atoms with E-state index < -0.39 is 29.4 Å². The van der Waals surface area contributed by atoms with Gasteiger partial charge >= 0.3 is 6.18 Å². The van der Waals surface area contributed by atoms with Crippen LogP contribution in [0.15, 0.2) is 55.1 Å². The average molecular weight is 496 g/mol. The maximum absolute atomic E-state index is 13.7. The number of aromatic nitrogens is 5. The molecule has 1 amide bonds. The van der Waals surface area contributed by atoms with Gasteiger partial charge in [0, 0.05) is 18.6 Å². The first kappa shape index (κ1) is 23.6. The van der Waals surface area contributed by atoms with Crippen molar-refractivity contribution < 1.29 is 18.0 Å². The molecule has 0 unspecified atom stereocenters. The lowest BCUT2D eigenvalue weighted by Gasteiger charge is -2.14. The van der Waals surface area contributed by atoms with Gasteiger partial charge in [-0.15, -0.1) is 0 Å². The summed E-state index contributed by atoms with van der Waals surface area (Å²) in [5.74, 6) is -0.453. The van der Waals surface area contributed by atoms with Gasteiger partial charge in [-0.2, -0.15) is 23.4 Å². The summed E-state index contributed by atoms with van der Waals surface area (Å²) in [6.07, 6.45) is 2.74. The van der Waals surface area contributed by atoms with Crippen LogP contribution >= 0.6 is 0 Å². The number of hydrogen-bond acceptors (Lipinski definition) is 5. The van der Waals surface area contributed by atoms with E-state index in [4.69, 9.17) is 5.73 Å². The van der Waals surface area contributed by atoms with Crippen molar-refractivity contribution >= 4 is 11.7 Å². The number of anilines is 1. The predicted octanol–water partition coefficient (Wildman–Crippen LogP) is 3.90. The van der Waals surface area contributed by atoms with Crippen LogP contribution in [-0.4, -0.2) is 30.5 Å². The summed E-state index contributed by atoms with van der Waals surface area (Å²) in [5.41, 5.74) is 8.59. The van der Waals surface area contributed by atoms with Crippen molar-refractivity contribution in [3.8, 4) is 0 Å². The molecule has 0 aliphatic heterocycles. The van der Waals surface area contributed by atoms with Crippen molar-refractivity contribution in [2.75, 3.05) is 5.73 Å². The van der Waals surface area contributed by atoms with Gasteiger partial charge in [-0.1, -0.05) is 24.3 Å². The van der Waals surface area contributed by atoms with Gasteiger partial charge in [-0.25, -0.2) is 4.98 Å². The average Bonchev–Trinajstić information content (AvgIpc) is 3.54. The lowest BCUT2D eigenvalue weighted by Crippen LogP contribution is -2.28. The molecule has 8 nitrogen and oxygen atoms in total. The Bertz CT molecular complexity index is 1410. The molecule has 4 aromatic rings. The Morgan fingerprint density at radius 3 is 2.44 bits per heavy atom. The number of halogens is 3. The zero-order chi connectivity index (χ0) is 25.4. The third kappa shape index (κ3) is 4.81. The number of nitrogens with two attached hydrogens (primary N) is 1. The second-order valence-electron chi connectivity index (χ2n) is 8.95. The Morgan fingerprint density at radius 1 is 1.11 bits per heavy atom. The highest BCUT2D eigenvalue weighted by molar-refractivity contribution is 5.95. The molecule has 1 aliphatic rings. The number of nitrogens with one attached hydrogen (secondary N) is 1. The first-order valence-corrected chi connectivity index (χ1v) is 11.4. The molecule has 3 aromatic heterocycles. The predicted molar refractivity (Wildman–Crippen MR) is 126 cm³/mol. The monoisotopic (exact) mass is 495 g/mol. The zero-order valence-corrected chi connectivity index (χ0v) is 19.5. The van der Waals surface area contributed by atoms with E-state index >= 15 is 0 Å². The smallest absolute Gasteiger partial charge is 0.383 e. The Kier molecular flexibility index (Phi) is 5.99. The van der Waals surface area contributed by atoms with Gasteiger partial charge in [0.1, 0.15) is 5.82 Å². The minimum atomic E-state index is -4.77. The molecule has 3 heterocycles. The van der Waals surface area contributed by atoms with Gasteiger partial charge < -0.3 is 11.1 Å². The number of amides is 1. The van der Waals surface area contributed by atoms with Crippen LogP contribution in [0.5, 0.6) is 0 Å². The Labute approximate surface area is 204 Å². The van der Waals surface area contributed by atoms with E-state index in [1.807, 2.05) is 42.1 Å². The number of rotatable bonds is 6. The molecule has 0 saturated heterocycles. The van der Waals surface area contributed by atoms with E-state index in [1.54, 1.807) is 12.3 Å². The molecule has 0 radical (unpaired) electrons. The van der Waals surface area contributed by atoms with Crippen LogP contribution in [0.4, 0.5) is 19.0 Å². The Hall–Kier alpha value is -4.15. The van der Waals surface area contributed by atoms with Crippen molar-refractivity contribution in [2.45, 2.75) is 45.1 Å². The summed E-state index contributed by atoms with van der Waals surface area (Å²) in [7, 11) is 0. The van der Waals surface area contributed by atoms with E-state index in [0.29, 0.717) is 25.2 Å². The SMILES string of the molecule is Cc1cnn(Cc2ccc(Cn3cc(C(=O)N[C@@H]4CCc5c4ccnc5N)c(C(F)(F)F)n3)cc2)c1. The molecule has 0 bridgehead atoms. The van der Waals surface area contributed by atoms with Crippen molar-refractivity contribution in [1.29, 1.82) is 0 Å². The van der Waals surface area contributed by atoms with Crippen molar-refractivity contribution in [2.24, 2.45) is 0 Å². The molecule has 11 heteroatoms. The number of fused-ring (bicyclic) bond motifs is 1. The van der Waals surface area contributed by atoms with Crippen molar-refractivity contribution in [3.63, 3.8) is 0 Å². The molecule has 36 heavy (non-hydrogen) atoms. The first-order chi connectivity index (χ1) is 17.2. The maximum Gasteiger partial charge on any atom is 0.435 e. The molecule has 0 saturated carbocycles. The lowest BCUT2D eigenvalue weighted by atomic mass is 10.1. The van der Waals surface area contributed by atoms with Gasteiger partial charge in [0.05, 0.1) is 30.9 Å². The van der Waals surface area contributed by atoms with Crippen LogP contribution in [0.1, 0.15) is 56.3 Å². The number of carbonyl (C=O) groups excluding carboxylic acids is 1. The third-order valence-corrected chi connectivity index (χ3v) is 6.24. The molecule has 1 aliphatic carbocycles. The standard InChI is InChI=1S/C25H24F3N7O/c1-15-10-31-34(11-15)12-16-2-4-17(5-3-16)13-35-14-20(22(33-35)25(26,27)28)24(36)32-21-7-6-19-18(21)8-9-30-23(19)29/h2-5,8-11,14,21H,6-7,12-13H2,1H3,(H2,29,30)(H,32,36)/t21-/m1/s1. The summed E-state index contributed by atoms with van der Waals surface area (Å²) in [4.78, 5) is 17.0. The molecule has 0 fully saturated rings. The molecule has 0 spiro atoms. The van der Waals surface area contributed by atoms with Gasteiger partial charge in [-0.05, 0) is 53.6 Å². The summed E-state index contributed by atoms with van der Waals surface area (Å²) >= 11 is 0. The minimum absolute atomic E-state index is 0.0893. The fourth-order valence-corrected chi connectivity index (χ4v) is 4.51. The van der Waals surface area contributed by atoms with Crippen molar-refractivity contribution in [3.05, 3.63) is 94.2 Å². The molecule has 1 atom stereocenters. The van der Waals surface area contributed by atoms with Gasteiger partial charge in [0.15, 0.2) is 5.69 Å². The van der Waals surface area contributed by atoms with Gasteiger partial charge in [-0.3, -0.25) is 14.2 Å². The van der Waals surface area contributed by atoms with E-state index in [9.17, 15) is 18.0 Å². The van der Waals surface area contributed by atoms with Crippen LogP contribution in [-0.2, 0) is 25.7 Å². The summed E-state index contributed by atoms with van der Waals surface area (Å²) in [5, 5.41) is 10.7. The second-order valence-corrected chi connectivity index (χ2v) is 8.95. The van der Waals surface area contributed by atoms with Crippen LogP contribution in [0, 0.1) is 6.92 Å². The fraction of sp³-hybridized carbons (Fsp3) is 0.280. The van der Waals surface area contributed by atoms with E-state index in [-0.39, 0.29) is 6.54 Å². The van der Waals surface area contributed by atoms with Gasteiger partial charge in [0.25, 0.3) is 5.91 Å². The summed E-state index contributed by atoms with van der Waals surface area (Å²) in [6, 6.07) is 8.74. The third-order valence-electron chi connectivity index (χ3n) is 6.24. The van der Waals surface area contributed by atoms with E-state index in [1.165, 1.54) is 6.20 Å². The molecular formula is C25H24F3N7O. The second kappa shape index (κ2) is 9.14.